The average molecular weight is 517 g/mol. The van der Waals surface area contributed by atoms with E-state index in [0.29, 0.717) is 5.69 Å². The third-order valence-corrected chi connectivity index (χ3v) is 16.0. The fourth-order valence-corrected chi connectivity index (χ4v) is 13.7. The molecule has 0 aliphatic heterocycles. The number of para-hydroxylation sites is 1. The van der Waals surface area contributed by atoms with E-state index in [4.69, 9.17) is 12.6 Å². The fraction of sp³-hybridized carbons (Fsp3) is 0.500. The predicted octanol–water partition coefficient (Wildman–Crippen LogP) is 8.96. The lowest BCUT2D eigenvalue weighted by Gasteiger charge is -2.45. The lowest BCUT2D eigenvalue weighted by Crippen LogP contribution is -2.54. The van der Waals surface area contributed by atoms with Crippen LogP contribution in [0.3, 0.4) is 0 Å². The van der Waals surface area contributed by atoms with Crippen molar-refractivity contribution in [3.8, 4) is 11.3 Å². The summed E-state index contributed by atoms with van der Waals surface area (Å²) in [7, 11) is -0.182. The molecule has 2 aromatic heterocycles. The maximum Gasteiger partial charge on any atom is 0.216 e. The van der Waals surface area contributed by atoms with Crippen LogP contribution in [0.1, 0.15) is 89.1 Å². The molecule has 0 spiro atoms. The van der Waals surface area contributed by atoms with Gasteiger partial charge in [0, 0.05) is 30.6 Å². The Balaban J connectivity index is 1.61. The summed E-state index contributed by atoms with van der Waals surface area (Å²) in [6.45, 7) is -0.437. The number of furan rings is 1. The molecule has 0 N–H and O–H groups in total. The SMILES string of the molecule is [2H]C([2H])([2H])c1cc(-c2c(C)ccc3c2oc2c([Si](C)(C4CCCCC4)C4CCCCC4)cccc23)[n+](C)cc1C([2H])([2H])[2H]. The van der Waals surface area contributed by atoms with Gasteiger partial charge < -0.3 is 4.42 Å². The van der Waals surface area contributed by atoms with E-state index >= 15 is 0 Å². The summed E-state index contributed by atoms with van der Waals surface area (Å²) >= 11 is 0. The molecule has 2 aromatic carbocycles. The average Bonchev–Trinajstić information content (AvgIpc) is 3.35. The Kier molecular flexibility index (Phi) is 4.94. The van der Waals surface area contributed by atoms with Crippen LogP contribution in [0.15, 0.2) is 47.0 Å². The Morgan fingerprint density at radius 2 is 1.46 bits per heavy atom. The first kappa shape index (κ1) is 18.8. The molecule has 2 aliphatic rings. The molecule has 6 rings (SSSR count). The lowest BCUT2D eigenvalue weighted by molar-refractivity contribution is -0.660. The van der Waals surface area contributed by atoms with E-state index in [0.717, 1.165) is 44.1 Å². The lowest BCUT2D eigenvalue weighted by atomic mass is 9.99. The number of rotatable bonds is 4. The van der Waals surface area contributed by atoms with E-state index < -0.39 is 21.8 Å². The minimum atomic E-state index is -2.57. The molecule has 0 atom stereocenters. The number of benzene rings is 2. The summed E-state index contributed by atoms with van der Waals surface area (Å²) < 4.78 is 57.3. The van der Waals surface area contributed by atoms with Gasteiger partial charge in [0.05, 0.1) is 13.6 Å². The van der Waals surface area contributed by atoms with Crippen molar-refractivity contribution in [2.24, 2.45) is 7.05 Å². The number of fused-ring (bicyclic) bond motifs is 3. The van der Waals surface area contributed by atoms with Gasteiger partial charge in [0.25, 0.3) is 0 Å². The largest absolute Gasteiger partial charge is 0.455 e. The Labute approximate surface area is 232 Å². The first-order valence-corrected chi connectivity index (χ1v) is 17.0. The minimum Gasteiger partial charge on any atom is -0.455 e. The molecule has 2 saturated carbocycles. The zero-order chi connectivity index (χ0) is 30.7. The predicted molar refractivity (Wildman–Crippen MR) is 159 cm³/mol. The second-order valence-electron chi connectivity index (χ2n) is 12.0. The quantitative estimate of drug-likeness (QED) is 0.195. The van der Waals surface area contributed by atoms with Crippen molar-refractivity contribution in [3.63, 3.8) is 0 Å². The van der Waals surface area contributed by atoms with E-state index in [9.17, 15) is 0 Å². The maximum atomic E-state index is 8.17. The van der Waals surface area contributed by atoms with E-state index in [1.54, 1.807) is 17.7 Å². The maximum absolute atomic E-state index is 8.17. The van der Waals surface area contributed by atoms with Crippen LogP contribution in [-0.2, 0) is 7.05 Å². The van der Waals surface area contributed by atoms with Crippen molar-refractivity contribution in [2.75, 3.05) is 0 Å². The number of nitrogens with zero attached hydrogens (tertiary/aromatic N) is 1. The first-order valence-electron chi connectivity index (χ1n) is 17.3. The van der Waals surface area contributed by atoms with Gasteiger partial charge in [0.1, 0.15) is 18.2 Å². The Morgan fingerprint density at radius 1 is 0.811 bits per heavy atom. The van der Waals surface area contributed by atoms with Crippen molar-refractivity contribution in [2.45, 2.75) is 102 Å². The molecular weight excluding hydrogens is 466 g/mol. The molecule has 194 valence electrons. The Bertz CT molecular complexity index is 1640. The zero-order valence-electron chi connectivity index (χ0n) is 28.6. The zero-order valence-corrected chi connectivity index (χ0v) is 23.6. The fourth-order valence-electron chi connectivity index (χ4n) is 7.78. The first-order chi connectivity index (χ1) is 20.3. The van der Waals surface area contributed by atoms with Crippen molar-refractivity contribution in [1.82, 2.24) is 0 Å². The van der Waals surface area contributed by atoms with Gasteiger partial charge in [-0.2, -0.15) is 0 Å². The van der Waals surface area contributed by atoms with Gasteiger partial charge in [0.15, 0.2) is 6.20 Å². The van der Waals surface area contributed by atoms with Crippen LogP contribution < -0.4 is 9.75 Å². The van der Waals surface area contributed by atoms with Gasteiger partial charge >= 0.3 is 0 Å². The number of hydrogen-bond acceptors (Lipinski definition) is 1. The highest BCUT2D eigenvalue weighted by Gasteiger charge is 2.46. The highest BCUT2D eigenvalue weighted by molar-refractivity contribution is 6.94. The van der Waals surface area contributed by atoms with E-state index in [1.165, 1.54) is 75.6 Å². The van der Waals surface area contributed by atoms with E-state index in [1.807, 2.05) is 6.92 Å². The molecule has 37 heavy (non-hydrogen) atoms. The molecule has 2 heterocycles. The number of aromatic nitrogens is 1. The molecular formula is C34H44NOSi+. The summed E-state index contributed by atoms with van der Waals surface area (Å²) in [4.78, 5) is 0. The highest BCUT2D eigenvalue weighted by atomic mass is 28.3. The van der Waals surface area contributed by atoms with Gasteiger partial charge in [0.2, 0.25) is 5.69 Å². The minimum absolute atomic E-state index is 0.136. The molecule has 2 nitrogen and oxygen atoms in total. The van der Waals surface area contributed by atoms with Gasteiger partial charge in [-0.05, 0) is 48.0 Å². The highest BCUT2D eigenvalue weighted by Crippen LogP contribution is 2.49. The summed E-state index contributed by atoms with van der Waals surface area (Å²) in [6, 6.07) is 12.5. The van der Waals surface area contributed by atoms with Crippen LogP contribution in [0.2, 0.25) is 17.6 Å². The molecule has 0 amide bonds. The van der Waals surface area contributed by atoms with E-state index in [-0.39, 0.29) is 11.1 Å². The number of pyridine rings is 1. The van der Waals surface area contributed by atoms with Crippen molar-refractivity contribution in [3.05, 3.63) is 59.3 Å². The number of hydrogen-bond donors (Lipinski definition) is 0. The van der Waals surface area contributed by atoms with Crippen molar-refractivity contribution in [1.29, 1.82) is 0 Å². The van der Waals surface area contributed by atoms with Gasteiger partial charge in [-0.1, -0.05) is 101 Å². The van der Waals surface area contributed by atoms with Gasteiger partial charge in [-0.15, -0.1) is 0 Å². The molecule has 0 unspecified atom stereocenters. The number of aryl methyl sites for hydroxylation is 4. The molecule has 0 saturated heterocycles. The van der Waals surface area contributed by atoms with Crippen LogP contribution in [0.25, 0.3) is 33.2 Å². The summed E-state index contributed by atoms with van der Waals surface area (Å²) in [6.07, 6.45) is 14.8. The standard InChI is InChI=1S/C34H44NOSi/c1-23-19-20-29-28-17-12-18-31(37(5,26-13-8-6-9-14-26)27-15-10-7-11-16-27)33(28)36-34(29)32(23)30-21-24(2)25(3)22-35(30)4/h12,17-22,26-27H,6-11,13-16H2,1-5H3/q+1/i2D3,3D3. The Hall–Kier alpha value is -2.39. The molecule has 4 aromatic rings. The second-order valence-corrected chi connectivity index (χ2v) is 16.7. The summed E-state index contributed by atoms with van der Waals surface area (Å²) in [5.74, 6) is 0. The smallest absolute Gasteiger partial charge is 0.216 e. The summed E-state index contributed by atoms with van der Waals surface area (Å²) in [5.41, 5.74) is 5.42. The molecule has 3 heteroatoms. The molecule has 2 aliphatic carbocycles. The van der Waals surface area contributed by atoms with Crippen LogP contribution in [-0.4, -0.2) is 8.07 Å². The molecule has 0 radical (unpaired) electrons. The van der Waals surface area contributed by atoms with Crippen LogP contribution in [0.5, 0.6) is 0 Å². The molecule has 2 fully saturated rings. The monoisotopic (exact) mass is 516 g/mol. The third kappa shape index (κ3) is 4.09. The van der Waals surface area contributed by atoms with Gasteiger partial charge in [-0.3, -0.25) is 0 Å². The van der Waals surface area contributed by atoms with Gasteiger partial charge in [-0.25, -0.2) is 4.57 Å². The third-order valence-electron chi connectivity index (χ3n) is 9.89. The van der Waals surface area contributed by atoms with Crippen molar-refractivity contribution >= 4 is 35.2 Å². The topological polar surface area (TPSA) is 17.0 Å². The molecule has 0 bridgehead atoms. The van der Waals surface area contributed by atoms with Crippen molar-refractivity contribution < 1.29 is 17.2 Å². The second kappa shape index (κ2) is 9.73. The Morgan fingerprint density at radius 3 is 2.11 bits per heavy atom. The van der Waals surface area contributed by atoms with Crippen LogP contribution in [0.4, 0.5) is 0 Å². The normalized spacial score (nSPS) is 21.3. The summed E-state index contributed by atoms with van der Waals surface area (Å²) in [5, 5.41) is 3.60. The van der Waals surface area contributed by atoms with E-state index in [2.05, 4.69) is 36.9 Å². The van der Waals surface area contributed by atoms with Crippen LogP contribution >= 0.6 is 0 Å². The van der Waals surface area contributed by atoms with Crippen LogP contribution in [0, 0.1) is 20.6 Å².